The highest BCUT2D eigenvalue weighted by atomic mass is 32.2. The van der Waals surface area contributed by atoms with Crippen molar-refractivity contribution in [1.82, 2.24) is 14.9 Å². The Hall–Kier alpha value is -1.67. The zero-order valence-electron chi connectivity index (χ0n) is 15.9. The van der Waals surface area contributed by atoms with Crippen LogP contribution in [0.25, 0.3) is 10.9 Å². The Labute approximate surface area is 164 Å². The van der Waals surface area contributed by atoms with E-state index in [4.69, 9.17) is 0 Å². The Kier molecular flexibility index (Phi) is 6.05. The number of rotatable bonds is 6. The van der Waals surface area contributed by atoms with Crippen LogP contribution in [-0.4, -0.2) is 59.0 Å². The summed E-state index contributed by atoms with van der Waals surface area (Å²) >= 11 is 1.39. The molecule has 1 aliphatic heterocycles. The monoisotopic (exact) mass is 407 g/mol. The van der Waals surface area contributed by atoms with E-state index in [1.165, 1.54) is 11.8 Å². The largest absolute Gasteiger partial charge is 0.338 e. The van der Waals surface area contributed by atoms with E-state index in [2.05, 4.69) is 9.97 Å². The molecule has 0 radical (unpaired) electrons. The molecule has 0 bridgehead atoms. The highest BCUT2D eigenvalue weighted by Crippen LogP contribution is 2.27. The van der Waals surface area contributed by atoms with Gasteiger partial charge in [-0.15, -0.1) is 0 Å². The second-order valence-corrected chi connectivity index (χ2v) is 10.6. The first-order valence-electron chi connectivity index (χ1n) is 9.11. The minimum Gasteiger partial charge on any atom is -0.338 e. The van der Waals surface area contributed by atoms with Gasteiger partial charge >= 0.3 is 0 Å². The number of carbonyl (C=O) groups is 1. The summed E-state index contributed by atoms with van der Waals surface area (Å²) in [5.41, 5.74) is 0.862. The molecule has 1 aromatic carbocycles. The van der Waals surface area contributed by atoms with Crippen molar-refractivity contribution in [2.75, 3.05) is 23.8 Å². The molecule has 1 atom stereocenters. The van der Waals surface area contributed by atoms with Crippen LogP contribution in [-0.2, 0) is 14.6 Å². The normalized spacial score (nSPS) is 18.9. The van der Waals surface area contributed by atoms with Gasteiger partial charge in [0.1, 0.15) is 10.9 Å². The lowest BCUT2D eigenvalue weighted by atomic mass is 10.1. The minimum atomic E-state index is -3.03. The molecule has 2 heterocycles. The predicted octanol–water partition coefficient (Wildman–Crippen LogP) is 2.70. The number of aromatic nitrogens is 2. The highest BCUT2D eigenvalue weighted by Gasteiger charge is 2.34. The number of hydrogen-bond acceptors (Lipinski definition) is 6. The summed E-state index contributed by atoms with van der Waals surface area (Å²) in [6.45, 7) is 6.49. The molecule has 1 aliphatic rings. The standard InChI is InChI=1S/C19H25N3O3S2/c1-13(2)10-22(15-8-9-27(24,25)12-15)18(23)11-26-19-16-6-4-5-7-17(16)20-14(3)21-19/h4-7,13,15H,8-12H2,1-3H3/t15-/m0/s1. The fraction of sp³-hybridized carbons (Fsp3) is 0.526. The first kappa shape index (κ1) is 20.1. The molecule has 2 aromatic rings. The average molecular weight is 408 g/mol. The van der Waals surface area contributed by atoms with Crippen molar-refractivity contribution < 1.29 is 13.2 Å². The van der Waals surface area contributed by atoms with Crippen molar-refractivity contribution in [1.29, 1.82) is 0 Å². The molecular weight excluding hydrogens is 382 g/mol. The molecule has 0 unspecified atom stereocenters. The first-order valence-corrected chi connectivity index (χ1v) is 11.9. The molecule has 27 heavy (non-hydrogen) atoms. The summed E-state index contributed by atoms with van der Waals surface area (Å²) in [6, 6.07) is 7.54. The SMILES string of the molecule is Cc1nc(SCC(=O)N(CC(C)C)[C@H]2CCS(=O)(=O)C2)c2ccccc2n1. The van der Waals surface area contributed by atoms with E-state index in [1.54, 1.807) is 4.90 Å². The van der Waals surface area contributed by atoms with Crippen molar-refractivity contribution in [3.63, 3.8) is 0 Å². The van der Waals surface area contributed by atoms with E-state index in [0.29, 0.717) is 18.8 Å². The summed E-state index contributed by atoms with van der Waals surface area (Å²) in [6.07, 6.45) is 0.529. The summed E-state index contributed by atoms with van der Waals surface area (Å²) in [5.74, 6) is 1.41. The Morgan fingerprint density at radius 2 is 2.04 bits per heavy atom. The van der Waals surface area contributed by atoms with E-state index >= 15 is 0 Å². The van der Waals surface area contributed by atoms with Crippen LogP contribution in [0.2, 0.25) is 0 Å². The number of sulfone groups is 1. The van der Waals surface area contributed by atoms with Gasteiger partial charge in [-0.05, 0) is 25.3 Å². The minimum absolute atomic E-state index is 0.0313. The second-order valence-electron chi connectivity index (χ2n) is 7.38. The third-order valence-electron chi connectivity index (χ3n) is 4.54. The number of carbonyl (C=O) groups excluding carboxylic acids is 1. The average Bonchev–Trinajstić information content (AvgIpc) is 2.96. The lowest BCUT2D eigenvalue weighted by molar-refractivity contribution is -0.130. The van der Waals surface area contributed by atoms with Crippen molar-refractivity contribution >= 4 is 38.4 Å². The summed E-state index contributed by atoms with van der Waals surface area (Å²) in [4.78, 5) is 23.6. The molecule has 1 amide bonds. The lowest BCUT2D eigenvalue weighted by Gasteiger charge is -2.30. The van der Waals surface area contributed by atoms with Gasteiger partial charge in [0.2, 0.25) is 5.91 Å². The highest BCUT2D eigenvalue weighted by molar-refractivity contribution is 8.00. The maximum atomic E-state index is 12.9. The first-order chi connectivity index (χ1) is 12.7. The molecule has 1 fully saturated rings. The molecule has 0 saturated carbocycles. The van der Waals surface area contributed by atoms with Gasteiger partial charge in [0.25, 0.3) is 0 Å². The number of aryl methyl sites for hydroxylation is 1. The smallest absolute Gasteiger partial charge is 0.233 e. The van der Waals surface area contributed by atoms with Crippen molar-refractivity contribution in [2.24, 2.45) is 5.92 Å². The van der Waals surface area contributed by atoms with Crippen molar-refractivity contribution in [3.05, 3.63) is 30.1 Å². The zero-order valence-corrected chi connectivity index (χ0v) is 17.5. The Bertz CT molecular complexity index is 944. The van der Waals surface area contributed by atoms with E-state index in [9.17, 15) is 13.2 Å². The van der Waals surface area contributed by atoms with Gasteiger partial charge in [-0.2, -0.15) is 0 Å². The zero-order chi connectivity index (χ0) is 19.6. The van der Waals surface area contributed by atoms with Gasteiger partial charge in [0, 0.05) is 18.0 Å². The molecule has 146 valence electrons. The number of nitrogens with zero attached hydrogens (tertiary/aromatic N) is 3. The maximum absolute atomic E-state index is 12.9. The number of benzene rings is 1. The van der Waals surface area contributed by atoms with E-state index in [-0.39, 0.29) is 35.1 Å². The third kappa shape index (κ3) is 4.99. The Balaban J connectivity index is 1.76. The van der Waals surface area contributed by atoms with Crippen LogP contribution in [0.3, 0.4) is 0 Å². The fourth-order valence-corrected chi connectivity index (χ4v) is 6.03. The summed E-state index contributed by atoms with van der Waals surface area (Å²) in [5, 5.41) is 1.72. The van der Waals surface area contributed by atoms with Gasteiger partial charge in [-0.3, -0.25) is 4.79 Å². The topological polar surface area (TPSA) is 80.2 Å². The number of para-hydroxylation sites is 1. The van der Waals surface area contributed by atoms with Crippen LogP contribution < -0.4 is 0 Å². The lowest BCUT2D eigenvalue weighted by Crippen LogP contribution is -2.44. The number of fused-ring (bicyclic) bond motifs is 1. The van der Waals surface area contributed by atoms with Gasteiger partial charge in [0.05, 0.1) is 22.8 Å². The second kappa shape index (κ2) is 8.14. The van der Waals surface area contributed by atoms with Crippen LogP contribution >= 0.6 is 11.8 Å². The number of thioether (sulfide) groups is 1. The van der Waals surface area contributed by atoms with E-state index < -0.39 is 9.84 Å². The Morgan fingerprint density at radius 1 is 1.30 bits per heavy atom. The van der Waals surface area contributed by atoms with Crippen LogP contribution in [0, 0.1) is 12.8 Å². The quantitative estimate of drug-likeness (QED) is 0.541. The number of hydrogen-bond donors (Lipinski definition) is 0. The number of amides is 1. The van der Waals surface area contributed by atoms with Crippen LogP contribution in [0.5, 0.6) is 0 Å². The summed E-state index contributed by atoms with van der Waals surface area (Å²) < 4.78 is 23.7. The molecule has 6 nitrogen and oxygen atoms in total. The summed E-state index contributed by atoms with van der Waals surface area (Å²) in [7, 11) is -3.03. The van der Waals surface area contributed by atoms with E-state index in [0.717, 1.165) is 15.9 Å². The molecule has 1 saturated heterocycles. The molecule has 0 spiro atoms. The molecule has 0 N–H and O–H groups in total. The van der Waals surface area contributed by atoms with Gasteiger partial charge < -0.3 is 4.90 Å². The molecule has 8 heteroatoms. The molecule has 3 rings (SSSR count). The molecule has 0 aliphatic carbocycles. The third-order valence-corrected chi connectivity index (χ3v) is 7.27. The maximum Gasteiger partial charge on any atom is 0.233 e. The fourth-order valence-electron chi connectivity index (χ4n) is 3.35. The van der Waals surface area contributed by atoms with E-state index in [1.807, 2.05) is 45.0 Å². The molecule has 1 aromatic heterocycles. The van der Waals surface area contributed by atoms with Crippen molar-refractivity contribution in [2.45, 2.75) is 38.3 Å². The Morgan fingerprint density at radius 3 is 2.70 bits per heavy atom. The predicted molar refractivity (Wildman–Crippen MR) is 109 cm³/mol. The van der Waals surface area contributed by atoms with Gasteiger partial charge in [-0.25, -0.2) is 18.4 Å². The van der Waals surface area contributed by atoms with Crippen LogP contribution in [0.15, 0.2) is 29.3 Å². The van der Waals surface area contributed by atoms with Gasteiger partial charge in [0.15, 0.2) is 9.84 Å². The van der Waals surface area contributed by atoms with Crippen LogP contribution in [0.1, 0.15) is 26.1 Å². The molecular formula is C19H25N3O3S2. The van der Waals surface area contributed by atoms with Gasteiger partial charge in [-0.1, -0.05) is 43.8 Å². The van der Waals surface area contributed by atoms with Crippen LogP contribution in [0.4, 0.5) is 0 Å². The van der Waals surface area contributed by atoms with Crippen molar-refractivity contribution in [3.8, 4) is 0 Å².